The van der Waals surface area contributed by atoms with E-state index in [9.17, 15) is 14.4 Å². The van der Waals surface area contributed by atoms with Crippen molar-refractivity contribution >= 4 is 46.4 Å². The second-order valence-corrected chi connectivity index (χ2v) is 6.79. The Kier molecular flexibility index (Phi) is 5.93. The van der Waals surface area contributed by atoms with E-state index in [1.54, 1.807) is 30.3 Å². The maximum absolute atomic E-state index is 12.9. The lowest BCUT2D eigenvalue weighted by molar-refractivity contribution is -0.121. The highest BCUT2D eigenvalue weighted by atomic mass is 35.5. The van der Waals surface area contributed by atoms with Crippen LogP contribution < -0.4 is 25.0 Å². The number of rotatable bonds is 6. The SMILES string of the molecule is COc1ccc(N2C(=O)C[C@H](Nc3cc(NC(C)=O)ccc3OC)C2=O)cc1Cl. The van der Waals surface area contributed by atoms with Gasteiger partial charge in [-0.2, -0.15) is 0 Å². The maximum atomic E-state index is 12.9. The molecule has 0 aliphatic carbocycles. The first kappa shape index (κ1) is 20.5. The second-order valence-electron chi connectivity index (χ2n) is 6.38. The van der Waals surface area contributed by atoms with Gasteiger partial charge in [0.1, 0.15) is 17.5 Å². The van der Waals surface area contributed by atoms with Crippen LogP contribution in [0, 0.1) is 0 Å². The molecule has 1 saturated heterocycles. The number of carbonyl (C=O) groups is 3. The normalized spacial score (nSPS) is 16.0. The van der Waals surface area contributed by atoms with Gasteiger partial charge in [0.2, 0.25) is 11.8 Å². The van der Waals surface area contributed by atoms with Gasteiger partial charge in [0.05, 0.1) is 37.0 Å². The number of hydrogen-bond acceptors (Lipinski definition) is 6. The van der Waals surface area contributed by atoms with Gasteiger partial charge in [-0.15, -0.1) is 0 Å². The van der Waals surface area contributed by atoms with Crippen molar-refractivity contribution < 1.29 is 23.9 Å². The Morgan fingerprint density at radius 2 is 1.79 bits per heavy atom. The fraction of sp³-hybridized carbons (Fsp3) is 0.250. The van der Waals surface area contributed by atoms with Gasteiger partial charge < -0.3 is 20.1 Å². The monoisotopic (exact) mass is 417 g/mol. The molecule has 1 aliphatic heterocycles. The van der Waals surface area contributed by atoms with Crippen molar-refractivity contribution in [2.45, 2.75) is 19.4 Å². The van der Waals surface area contributed by atoms with Crippen LogP contribution in [0.5, 0.6) is 11.5 Å². The molecule has 3 rings (SSSR count). The lowest BCUT2D eigenvalue weighted by Crippen LogP contribution is -2.34. The minimum absolute atomic E-state index is 0.0317. The minimum Gasteiger partial charge on any atom is -0.495 e. The van der Waals surface area contributed by atoms with Crippen molar-refractivity contribution in [2.75, 3.05) is 29.8 Å². The summed E-state index contributed by atoms with van der Waals surface area (Å²) in [5.74, 6) is -0.0706. The first-order chi connectivity index (χ1) is 13.8. The summed E-state index contributed by atoms with van der Waals surface area (Å²) in [6.45, 7) is 1.40. The van der Waals surface area contributed by atoms with Crippen LogP contribution >= 0.6 is 11.6 Å². The molecule has 9 heteroatoms. The molecule has 2 aromatic rings. The molecule has 3 amide bonds. The van der Waals surface area contributed by atoms with E-state index in [1.165, 1.54) is 27.2 Å². The lowest BCUT2D eigenvalue weighted by Gasteiger charge is -2.18. The van der Waals surface area contributed by atoms with Crippen LogP contribution in [0.1, 0.15) is 13.3 Å². The summed E-state index contributed by atoms with van der Waals surface area (Å²) in [6.07, 6.45) is -0.0317. The van der Waals surface area contributed by atoms with Gasteiger partial charge in [-0.05, 0) is 36.4 Å². The Morgan fingerprint density at radius 1 is 1.10 bits per heavy atom. The quantitative estimate of drug-likeness (QED) is 0.701. The molecule has 1 fully saturated rings. The molecule has 0 aromatic heterocycles. The van der Waals surface area contributed by atoms with Gasteiger partial charge in [-0.1, -0.05) is 11.6 Å². The molecule has 1 heterocycles. The van der Waals surface area contributed by atoms with E-state index < -0.39 is 11.9 Å². The van der Waals surface area contributed by atoms with Crippen molar-refractivity contribution in [3.8, 4) is 11.5 Å². The van der Waals surface area contributed by atoms with Crippen LogP contribution in [0.25, 0.3) is 0 Å². The Balaban J connectivity index is 1.85. The van der Waals surface area contributed by atoms with E-state index in [0.29, 0.717) is 33.6 Å². The third-order valence-corrected chi connectivity index (χ3v) is 4.69. The van der Waals surface area contributed by atoms with Gasteiger partial charge in [-0.25, -0.2) is 4.90 Å². The van der Waals surface area contributed by atoms with E-state index in [-0.39, 0.29) is 18.2 Å². The van der Waals surface area contributed by atoms with Crippen molar-refractivity contribution in [1.29, 1.82) is 0 Å². The zero-order valence-corrected chi connectivity index (χ0v) is 16.9. The van der Waals surface area contributed by atoms with E-state index in [0.717, 1.165) is 4.90 Å². The molecular formula is C20H20ClN3O5. The van der Waals surface area contributed by atoms with Crippen LogP contribution in [0.15, 0.2) is 36.4 Å². The number of hydrogen-bond donors (Lipinski definition) is 2. The number of anilines is 3. The van der Waals surface area contributed by atoms with Crippen LogP contribution in [0.4, 0.5) is 17.1 Å². The largest absolute Gasteiger partial charge is 0.495 e. The van der Waals surface area contributed by atoms with Crippen LogP contribution in [-0.4, -0.2) is 38.0 Å². The number of nitrogens with zero attached hydrogens (tertiary/aromatic N) is 1. The molecule has 0 bridgehead atoms. The van der Waals surface area contributed by atoms with Gasteiger partial charge in [0.25, 0.3) is 5.91 Å². The Morgan fingerprint density at radius 3 is 2.41 bits per heavy atom. The van der Waals surface area contributed by atoms with Gasteiger partial charge >= 0.3 is 0 Å². The maximum Gasteiger partial charge on any atom is 0.256 e. The molecule has 2 aromatic carbocycles. The van der Waals surface area contributed by atoms with E-state index in [2.05, 4.69) is 10.6 Å². The van der Waals surface area contributed by atoms with Gasteiger partial charge in [0, 0.05) is 12.6 Å². The van der Waals surface area contributed by atoms with Gasteiger partial charge in [-0.3, -0.25) is 14.4 Å². The van der Waals surface area contributed by atoms with E-state index in [4.69, 9.17) is 21.1 Å². The molecule has 8 nitrogen and oxygen atoms in total. The smallest absolute Gasteiger partial charge is 0.256 e. The molecular weight excluding hydrogens is 398 g/mol. The standard InChI is InChI=1S/C20H20ClN3O5/c1-11(25)22-12-4-6-18(29-3)15(8-12)23-16-10-19(26)24(20(16)27)13-5-7-17(28-2)14(21)9-13/h4-9,16,23H,10H2,1-3H3,(H,22,25)/t16-/m0/s1. The topological polar surface area (TPSA) is 97.0 Å². The zero-order chi connectivity index (χ0) is 21.1. The fourth-order valence-corrected chi connectivity index (χ4v) is 3.35. The third-order valence-electron chi connectivity index (χ3n) is 4.39. The van der Waals surface area contributed by atoms with Crippen LogP contribution in [-0.2, 0) is 14.4 Å². The number of methoxy groups -OCH3 is 2. The zero-order valence-electron chi connectivity index (χ0n) is 16.1. The van der Waals surface area contributed by atoms with Crippen molar-refractivity contribution in [2.24, 2.45) is 0 Å². The van der Waals surface area contributed by atoms with Gasteiger partial charge in [0.15, 0.2) is 0 Å². The number of halogens is 1. The summed E-state index contributed by atoms with van der Waals surface area (Å²) in [4.78, 5) is 37.8. The molecule has 1 aliphatic rings. The highest BCUT2D eigenvalue weighted by Gasteiger charge is 2.40. The molecule has 0 radical (unpaired) electrons. The molecule has 2 N–H and O–H groups in total. The Bertz CT molecular complexity index is 979. The summed E-state index contributed by atoms with van der Waals surface area (Å²) in [5, 5.41) is 6.01. The van der Waals surface area contributed by atoms with Crippen LogP contribution in [0.2, 0.25) is 5.02 Å². The lowest BCUT2D eigenvalue weighted by atomic mass is 10.2. The number of benzene rings is 2. The first-order valence-electron chi connectivity index (χ1n) is 8.76. The highest BCUT2D eigenvalue weighted by molar-refractivity contribution is 6.33. The molecule has 152 valence electrons. The van der Waals surface area contributed by atoms with E-state index >= 15 is 0 Å². The number of nitrogens with one attached hydrogen (secondary N) is 2. The van der Waals surface area contributed by atoms with Crippen molar-refractivity contribution in [3.63, 3.8) is 0 Å². The molecule has 0 spiro atoms. The summed E-state index contributed by atoms with van der Waals surface area (Å²) in [7, 11) is 2.97. The summed E-state index contributed by atoms with van der Waals surface area (Å²) >= 11 is 6.13. The number of amides is 3. The van der Waals surface area contributed by atoms with E-state index in [1.807, 2.05) is 0 Å². The summed E-state index contributed by atoms with van der Waals surface area (Å²) in [5.41, 5.74) is 1.39. The molecule has 0 saturated carbocycles. The average molecular weight is 418 g/mol. The number of ether oxygens (including phenoxy) is 2. The second kappa shape index (κ2) is 8.40. The first-order valence-corrected chi connectivity index (χ1v) is 9.14. The minimum atomic E-state index is -0.787. The predicted octanol–water partition coefficient (Wildman–Crippen LogP) is 3.06. The Hall–Kier alpha value is -3.26. The summed E-state index contributed by atoms with van der Waals surface area (Å²) in [6, 6.07) is 8.90. The predicted molar refractivity (Wildman–Crippen MR) is 110 cm³/mol. The van der Waals surface area contributed by atoms with Crippen LogP contribution in [0.3, 0.4) is 0 Å². The van der Waals surface area contributed by atoms with Crippen molar-refractivity contribution in [1.82, 2.24) is 0 Å². The third kappa shape index (κ3) is 4.27. The number of imide groups is 1. The van der Waals surface area contributed by atoms with Crippen molar-refractivity contribution in [3.05, 3.63) is 41.4 Å². The summed E-state index contributed by atoms with van der Waals surface area (Å²) < 4.78 is 10.4. The number of carbonyl (C=O) groups excluding carboxylic acids is 3. The Labute approximate surface area is 172 Å². The molecule has 29 heavy (non-hydrogen) atoms. The average Bonchev–Trinajstić information content (AvgIpc) is 2.94. The fourth-order valence-electron chi connectivity index (χ4n) is 3.10. The highest BCUT2D eigenvalue weighted by Crippen LogP contribution is 2.34. The molecule has 0 unspecified atom stereocenters. The molecule has 1 atom stereocenters.